The lowest BCUT2D eigenvalue weighted by atomic mass is 9.85. The van der Waals surface area contributed by atoms with E-state index in [9.17, 15) is 18.4 Å². The Bertz CT molecular complexity index is 1230. The molecule has 0 saturated carbocycles. The number of nitrogens with one attached hydrogen (secondary N) is 1. The highest BCUT2D eigenvalue weighted by atomic mass is 19.1. The van der Waals surface area contributed by atoms with E-state index in [2.05, 4.69) is 5.32 Å². The van der Waals surface area contributed by atoms with Crippen LogP contribution in [0.4, 0.5) is 8.78 Å². The SMILES string of the molecule is CC(C)(C)C(=O)N1CCc2ccc(OCC(=O)NCc3ccc(F)cc3)cc2[C@H]1c1ccc(F)cc1. The highest BCUT2D eigenvalue weighted by Gasteiger charge is 2.37. The van der Waals surface area contributed by atoms with Crippen molar-refractivity contribution in [3.05, 3.63) is 101 Å². The van der Waals surface area contributed by atoms with Crippen molar-refractivity contribution in [2.45, 2.75) is 39.8 Å². The maximum atomic E-state index is 13.7. The molecule has 1 atom stereocenters. The average molecular weight is 493 g/mol. The van der Waals surface area contributed by atoms with E-state index in [4.69, 9.17) is 4.74 Å². The molecule has 0 fully saturated rings. The largest absolute Gasteiger partial charge is 0.484 e. The number of amides is 2. The molecule has 2 amide bonds. The third-order valence-electron chi connectivity index (χ3n) is 6.21. The summed E-state index contributed by atoms with van der Waals surface area (Å²) in [6.07, 6.45) is 0.688. The fraction of sp³-hybridized carbons (Fsp3) is 0.310. The third-order valence-corrected chi connectivity index (χ3v) is 6.21. The van der Waals surface area contributed by atoms with Gasteiger partial charge in [-0.3, -0.25) is 9.59 Å². The Morgan fingerprint density at radius 3 is 2.25 bits per heavy atom. The normalized spacial score (nSPS) is 15.2. The smallest absolute Gasteiger partial charge is 0.258 e. The summed E-state index contributed by atoms with van der Waals surface area (Å²) in [6, 6.07) is 17.3. The number of carbonyl (C=O) groups is 2. The van der Waals surface area contributed by atoms with Crippen molar-refractivity contribution in [1.29, 1.82) is 0 Å². The van der Waals surface area contributed by atoms with E-state index < -0.39 is 11.5 Å². The van der Waals surface area contributed by atoms with Crippen LogP contribution in [0.25, 0.3) is 0 Å². The summed E-state index contributed by atoms with van der Waals surface area (Å²) in [5.74, 6) is -0.469. The van der Waals surface area contributed by atoms with Crippen molar-refractivity contribution in [2.24, 2.45) is 5.41 Å². The lowest BCUT2D eigenvalue weighted by Gasteiger charge is -2.41. The van der Waals surface area contributed by atoms with E-state index >= 15 is 0 Å². The summed E-state index contributed by atoms with van der Waals surface area (Å²) in [6.45, 7) is 6.29. The van der Waals surface area contributed by atoms with Gasteiger partial charge < -0.3 is 15.0 Å². The predicted octanol–water partition coefficient (Wildman–Crippen LogP) is 5.18. The van der Waals surface area contributed by atoms with E-state index in [1.807, 2.05) is 43.9 Å². The molecule has 5 nitrogen and oxygen atoms in total. The number of halogens is 2. The fourth-order valence-electron chi connectivity index (χ4n) is 4.34. The number of nitrogens with zero attached hydrogens (tertiary/aromatic N) is 1. The van der Waals surface area contributed by atoms with Crippen molar-refractivity contribution in [3.8, 4) is 5.75 Å². The molecule has 1 aliphatic heterocycles. The van der Waals surface area contributed by atoms with E-state index in [1.165, 1.54) is 24.3 Å². The second-order valence-electron chi connectivity index (χ2n) is 10.0. The van der Waals surface area contributed by atoms with Crippen molar-refractivity contribution in [2.75, 3.05) is 13.2 Å². The third kappa shape index (κ3) is 5.90. The molecule has 0 saturated heterocycles. The second kappa shape index (κ2) is 10.5. The standard InChI is InChI=1S/C29H30F2N2O3/c1-29(2,3)28(35)33-15-14-20-8-13-24(16-25(20)27(33)21-6-11-23(31)12-7-21)36-18-26(34)32-17-19-4-9-22(30)10-5-19/h4-13,16,27H,14-15,17-18H2,1-3H3,(H,32,34)/t27-/m1/s1. The summed E-state index contributed by atoms with van der Waals surface area (Å²) in [5, 5.41) is 2.75. The van der Waals surface area contributed by atoms with Gasteiger partial charge in [-0.25, -0.2) is 8.78 Å². The Morgan fingerprint density at radius 2 is 1.61 bits per heavy atom. The number of hydrogen-bond donors (Lipinski definition) is 1. The van der Waals surface area contributed by atoms with E-state index in [0.717, 1.165) is 22.3 Å². The predicted molar refractivity (Wildman–Crippen MR) is 133 cm³/mol. The molecule has 188 valence electrons. The molecule has 1 heterocycles. The summed E-state index contributed by atoms with van der Waals surface area (Å²) >= 11 is 0. The summed E-state index contributed by atoms with van der Waals surface area (Å²) in [5.41, 5.74) is 2.99. The zero-order valence-corrected chi connectivity index (χ0v) is 20.7. The van der Waals surface area contributed by atoms with Crippen molar-refractivity contribution in [3.63, 3.8) is 0 Å². The Hall–Kier alpha value is -3.74. The van der Waals surface area contributed by atoms with Crippen LogP contribution in [0.15, 0.2) is 66.7 Å². The highest BCUT2D eigenvalue weighted by Crippen LogP contribution is 2.39. The van der Waals surface area contributed by atoms with Crippen LogP contribution in [0.1, 0.15) is 49.1 Å². The molecule has 1 aliphatic rings. The van der Waals surface area contributed by atoms with Gasteiger partial charge in [0.1, 0.15) is 17.4 Å². The Labute approximate surface area is 210 Å². The van der Waals surface area contributed by atoms with E-state index in [1.54, 1.807) is 24.3 Å². The molecule has 3 aromatic carbocycles. The average Bonchev–Trinajstić information content (AvgIpc) is 2.86. The van der Waals surface area contributed by atoms with E-state index in [-0.39, 0.29) is 36.6 Å². The van der Waals surface area contributed by atoms with Gasteiger partial charge in [0.05, 0.1) is 6.04 Å². The lowest BCUT2D eigenvalue weighted by molar-refractivity contribution is -0.141. The topological polar surface area (TPSA) is 58.6 Å². The molecule has 0 spiro atoms. The molecule has 7 heteroatoms. The van der Waals surface area contributed by atoms with Crippen LogP contribution in [0.2, 0.25) is 0 Å². The van der Waals surface area contributed by atoms with Crippen molar-refractivity contribution in [1.82, 2.24) is 10.2 Å². The fourth-order valence-corrected chi connectivity index (χ4v) is 4.34. The van der Waals surface area contributed by atoms with Crippen LogP contribution in [-0.4, -0.2) is 29.9 Å². The first-order chi connectivity index (χ1) is 17.1. The van der Waals surface area contributed by atoms with Crippen LogP contribution in [0.3, 0.4) is 0 Å². The number of hydrogen-bond acceptors (Lipinski definition) is 3. The van der Waals surface area contributed by atoms with Gasteiger partial charge in [-0.2, -0.15) is 0 Å². The Morgan fingerprint density at radius 1 is 0.972 bits per heavy atom. The maximum Gasteiger partial charge on any atom is 0.258 e. The number of benzene rings is 3. The number of fused-ring (bicyclic) bond motifs is 1. The molecule has 0 aliphatic carbocycles. The first-order valence-corrected chi connectivity index (χ1v) is 11.9. The van der Waals surface area contributed by atoms with Crippen molar-refractivity contribution >= 4 is 11.8 Å². The van der Waals surface area contributed by atoms with Crippen LogP contribution < -0.4 is 10.1 Å². The van der Waals surface area contributed by atoms with E-state index in [0.29, 0.717) is 18.7 Å². The Kier molecular flexibility index (Phi) is 7.38. The zero-order chi connectivity index (χ0) is 25.9. The molecule has 0 unspecified atom stereocenters. The first kappa shape index (κ1) is 25.4. The highest BCUT2D eigenvalue weighted by molar-refractivity contribution is 5.83. The quantitative estimate of drug-likeness (QED) is 0.516. The number of carbonyl (C=O) groups excluding carboxylic acids is 2. The molecule has 0 radical (unpaired) electrons. The lowest BCUT2D eigenvalue weighted by Crippen LogP contribution is -2.45. The van der Waals surface area contributed by atoms with Crippen molar-refractivity contribution < 1.29 is 23.1 Å². The van der Waals surface area contributed by atoms with Gasteiger partial charge in [0.25, 0.3) is 5.91 Å². The van der Waals surface area contributed by atoms with Crippen LogP contribution in [0, 0.1) is 17.0 Å². The van der Waals surface area contributed by atoms with Gasteiger partial charge in [0.2, 0.25) is 5.91 Å². The molecular formula is C29H30F2N2O3. The van der Waals surface area contributed by atoms with Crippen LogP contribution in [-0.2, 0) is 22.6 Å². The summed E-state index contributed by atoms with van der Waals surface area (Å²) in [7, 11) is 0. The van der Waals surface area contributed by atoms with Crippen LogP contribution in [0.5, 0.6) is 5.75 Å². The van der Waals surface area contributed by atoms with Gasteiger partial charge >= 0.3 is 0 Å². The molecule has 3 aromatic rings. The molecule has 4 rings (SSSR count). The molecule has 0 aromatic heterocycles. The van der Waals surface area contributed by atoms with Crippen LogP contribution >= 0.6 is 0 Å². The second-order valence-corrected chi connectivity index (χ2v) is 10.0. The number of ether oxygens (including phenoxy) is 1. The zero-order valence-electron chi connectivity index (χ0n) is 20.7. The maximum absolute atomic E-state index is 13.7. The molecule has 1 N–H and O–H groups in total. The van der Waals surface area contributed by atoms with Gasteiger partial charge in [-0.15, -0.1) is 0 Å². The number of rotatable bonds is 6. The summed E-state index contributed by atoms with van der Waals surface area (Å²) in [4.78, 5) is 27.5. The monoisotopic (exact) mass is 492 g/mol. The van der Waals surface area contributed by atoms with Gasteiger partial charge in [-0.05, 0) is 65.1 Å². The van der Waals surface area contributed by atoms with Gasteiger partial charge in [0.15, 0.2) is 6.61 Å². The first-order valence-electron chi connectivity index (χ1n) is 11.9. The minimum absolute atomic E-state index is 0.00830. The minimum Gasteiger partial charge on any atom is -0.484 e. The molecule has 36 heavy (non-hydrogen) atoms. The Balaban J connectivity index is 1.53. The van der Waals surface area contributed by atoms with Gasteiger partial charge in [0, 0.05) is 18.5 Å². The molecular weight excluding hydrogens is 462 g/mol. The molecule has 0 bridgehead atoms. The summed E-state index contributed by atoms with van der Waals surface area (Å²) < 4.78 is 32.5. The minimum atomic E-state index is -0.577. The van der Waals surface area contributed by atoms with Gasteiger partial charge in [-0.1, -0.05) is 51.1 Å².